The number of carbonyl (C=O) groups excluding carboxylic acids is 1. The normalized spacial score (nSPS) is 17.8. The van der Waals surface area contributed by atoms with Crippen LogP contribution in [0.1, 0.15) is 15.4 Å². The van der Waals surface area contributed by atoms with Crippen LogP contribution in [0.4, 0.5) is 0 Å². The Morgan fingerprint density at radius 3 is 2.96 bits per heavy atom. The summed E-state index contributed by atoms with van der Waals surface area (Å²) in [6.07, 6.45) is 0. The molecular formula is C16H15ClN2O4S. The molecule has 0 aliphatic carbocycles. The number of rotatable bonds is 3. The van der Waals surface area contributed by atoms with E-state index in [0.29, 0.717) is 27.2 Å². The fourth-order valence-corrected chi connectivity index (χ4v) is 3.73. The van der Waals surface area contributed by atoms with Gasteiger partial charge >= 0.3 is 5.97 Å². The van der Waals surface area contributed by atoms with E-state index < -0.39 is 12.0 Å². The topological polar surface area (TPSA) is 79.7 Å². The molecule has 2 heterocycles. The van der Waals surface area contributed by atoms with Crippen LogP contribution in [0.3, 0.4) is 0 Å². The lowest BCUT2D eigenvalue weighted by Gasteiger charge is -2.32. The molecule has 24 heavy (non-hydrogen) atoms. The molecule has 1 aliphatic rings. The molecular weight excluding hydrogens is 352 g/mol. The van der Waals surface area contributed by atoms with E-state index in [1.165, 1.54) is 16.2 Å². The number of hydrogen-bond acceptors (Lipinski definition) is 5. The van der Waals surface area contributed by atoms with Crippen molar-refractivity contribution in [2.24, 2.45) is 0 Å². The highest BCUT2D eigenvalue weighted by Crippen LogP contribution is 2.30. The number of benzene rings is 1. The maximum atomic E-state index is 12.8. The number of carbonyl (C=O) groups is 2. The van der Waals surface area contributed by atoms with Gasteiger partial charge in [-0.3, -0.25) is 4.79 Å². The van der Waals surface area contributed by atoms with Gasteiger partial charge in [-0.15, -0.1) is 11.3 Å². The van der Waals surface area contributed by atoms with E-state index >= 15 is 0 Å². The molecule has 6 nitrogen and oxygen atoms in total. The Bertz CT molecular complexity index is 792. The van der Waals surface area contributed by atoms with Crippen molar-refractivity contribution in [2.75, 3.05) is 19.8 Å². The van der Waals surface area contributed by atoms with Crippen LogP contribution in [0.25, 0.3) is 10.6 Å². The van der Waals surface area contributed by atoms with E-state index in [1.807, 2.05) is 12.1 Å². The molecule has 0 saturated carbocycles. The van der Waals surface area contributed by atoms with E-state index in [0.717, 1.165) is 5.56 Å². The van der Waals surface area contributed by atoms with Crippen LogP contribution < -0.4 is 0 Å². The van der Waals surface area contributed by atoms with Gasteiger partial charge in [-0.05, 0) is 19.1 Å². The Kier molecular flexibility index (Phi) is 4.84. The lowest BCUT2D eigenvalue weighted by atomic mass is 10.2. The number of hydrogen-bond donors (Lipinski definition) is 1. The number of carboxylic acid groups (broad SMARTS) is 1. The van der Waals surface area contributed by atoms with Gasteiger partial charge < -0.3 is 14.7 Å². The van der Waals surface area contributed by atoms with E-state index in [2.05, 4.69) is 4.98 Å². The monoisotopic (exact) mass is 366 g/mol. The second-order valence-corrected chi connectivity index (χ2v) is 6.81. The smallest absolute Gasteiger partial charge is 0.328 e. The highest BCUT2D eigenvalue weighted by molar-refractivity contribution is 7.17. The van der Waals surface area contributed by atoms with Gasteiger partial charge in [0.25, 0.3) is 5.91 Å². The Morgan fingerprint density at radius 1 is 1.46 bits per heavy atom. The van der Waals surface area contributed by atoms with Crippen molar-refractivity contribution in [2.45, 2.75) is 13.0 Å². The molecule has 1 atom stereocenters. The Labute approximate surface area is 147 Å². The fourth-order valence-electron chi connectivity index (χ4n) is 2.52. The lowest BCUT2D eigenvalue weighted by molar-refractivity contribution is -0.147. The zero-order valence-electron chi connectivity index (χ0n) is 12.9. The van der Waals surface area contributed by atoms with Crippen LogP contribution in [0, 0.1) is 6.92 Å². The van der Waals surface area contributed by atoms with Gasteiger partial charge in [0.2, 0.25) is 0 Å². The van der Waals surface area contributed by atoms with E-state index in [4.69, 9.17) is 16.3 Å². The van der Waals surface area contributed by atoms with Crippen molar-refractivity contribution in [3.63, 3.8) is 0 Å². The van der Waals surface area contributed by atoms with Gasteiger partial charge in [0.1, 0.15) is 9.88 Å². The van der Waals surface area contributed by atoms with Crippen LogP contribution in [-0.4, -0.2) is 52.7 Å². The first kappa shape index (κ1) is 16.9. The number of amides is 1. The quantitative estimate of drug-likeness (QED) is 0.903. The predicted octanol–water partition coefficient (Wildman–Crippen LogP) is 2.70. The first-order valence-corrected chi connectivity index (χ1v) is 8.51. The number of nitrogens with zero attached hydrogens (tertiary/aromatic N) is 2. The lowest BCUT2D eigenvalue weighted by Crippen LogP contribution is -2.52. The minimum Gasteiger partial charge on any atom is -0.480 e. The molecule has 1 amide bonds. The van der Waals surface area contributed by atoms with Gasteiger partial charge in [-0.1, -0.05) is 23.7 Å². The molecule has 0 bridgehead atoms. The van der Waals surface area contributed by atoms with Crippen molar-refractivity contribution >= 4 is 34.8 Å². The number of aryl methyl sites for hydroxylation is 1. The average molecular weight is 367 g/mol. The third-order valence-electron chi connectivity index (χ3n) is 3.74. The number of aliphatic carboxylic acids is 1. The van der Waals surface area contributed by atoms with Crippen molar-refractivity contribution in [1.29, 1.82) is 0 Å². The summed E-state index contributed by atoms with van der Waals surface area (Å²) in [6, 6.07) is 6.26. The highest BCUT2D eigenvalue weighted by atomic mass is 35.5. The van der Waals surface area contributed by atoms with Gasteiger partial charge in [-0.25, -0.2) is 9.78 Å². The van der Waals surface area contributed by atoms with Crippen LogP contribution in [0.15, 0.2) is 24.3 Å². The molecule has 0 radical (unpaired) electrons. The maximum Gasteiger partial charge on any atom is 0.328 e. The van der Waals surface area contributed by atoms with Crippen LogP contribution in [0.5, 0.6) is 0 Å². The third kappa shape index (κ3) is 3.28. The molecule has 8 heteroatoms. The Balaban J connectivity index is 1.92. The summed E-state index contributed by atoms with van der Waals surface area (Å²) >= 11 is 7.24. The number of morpholine rings is 1. The zero-order chi connectivity index (χ0) is 17.3. The second-order valence-electron chi connectivity index (χ2n) is 5.37. The van der Waals surface area contributed by atoms with Crippen molar-refractivity contribution in [3.8, 4) is 10.6 Å². The first-order valence-electron chi connectivity index (χ1n) is 7.32. The minimum atomic E-state index is -1.07. The molecule has 0 unspecified atom stereocenters. The standard InChI is InChI=1S/C16H15ClN2O4S/c1-9-13(15(20)19-5-6-23-8-12(19)16(21)22)24-14(18-9)10-3-2-4-11(17)7-10/h2-4,7,12H,5-6,8H2,1H3,(H,21,22)/t12-/m0/s1. The molecule has 1 fully saturated rings. The second kappa shape index (κ2) is 6.88. The van der Waals surface area contributed by atoms with Crippen molar-refractivity contribution in [1.82, 2.24) is 9.88 Å². The van der Waals surface area contributed by atoms with Crippen molar-refractivity contribution in [3.05, 3.63) is 39.9 Å². The largest absolute Gasteiger partial charge is 0.480 e. The molecule has 0 spiro atoms. The summed E-state index contributed by atoms with van der Waals surface area (Å²) in [5.74, 6) is -1.39. The van der Waals surface area contributed by atoms with Gasteiger partial charge in [0.05, 0.1) is 18.9 Å². The number of halogens is 1. The van der Waals surface area contributed by atoms with Crippen LogP contribution >= 0.6 is 22.9 Å². The molecule has 1 aromatic heterocycles. The summed E-state index contributed by atoms with van der Waals surface area (Å²) < 4.78 is 5.18. The molecule has 1 N–H and O–H groups in total. The van der Waals surface area contributed by atoms with Gasteiger partial charge in [0, 0.05) is 17.1 Å². The summed E-state index contributed by atoms with van der Waals surface area (Å²) in [4.78, 5) is 30.4. The van der Waals surface area contributed by atoms with Crippen LogP contribution in [0.2, 0.25) is 5.02 Å². The van der Waals surface area contributed by atoms with Gasteiger partial charge in [-0.2, -0.15) is 0 Å². The number of aromatic nitrogens is 1. The van der Waals surface area contributed by atoms with E-state index in [-0.39, 0.29) is 19.1 Å². The minimum absolute atomic E-state index is 0.0000745. The first-order chi connectivity index (χ1) is 11.5. The highest BCUT2D eigenvalue weighted by Gasteiger charge is 2.34. The SMILES string of the molecule is Cc1nc(-c2cccc(Cl)c2)sc1C(=O)N1CCOC[C@H]1C(=O)O. The summed E-state index contributed by atoms with van der Waals surface area (Å²) in [5, 5.41) is 10.6. The predicted molar refractivity (Wildman–Crippen MR) is 90.6 cm³/mol. The van der Waals surface area contributed by atoms with E-state index in [9.17, 15) is 14.7 Å². The number of carboxylic acids is 1. The number of ether oxygens (including phenoxy) is 1. The average Bonchev–Trinajstić information content (AvgIpc) is 2.96. The van der Waals surface area contributed by atoms with Gasteiger partial charge in [0.15, 0.2) is 6.04 Å². The number of thiazole rings is 1. The maximum absolute atomic E-state index is 12.8. The van der Waals surface area contributed by atoms with Crippen LogP contribution in [-0.2, 0) is 9.53 Å². The zero-order valence-corrected chi connectivity index (χ0v) is 14.4. The summed E-state index contributed by atoms with van der Waals surface area (Å²) in [6.45, 7) is 2.32. The Morgan fingerprint density at radius 2 is 2.25 bits per heavy atom. The van der Waals surface area contributed by atoms with E-state index in [1.54, 1.807) is 19.1 Å². The molecule has 1 aliphatic heterocycles. The molecule has 1 saturated heterocycles. The molecule has 126 valence electrons. The molecule has 1 aromatic carbocycles. The fraction of sp³-hybridized carbons (Fsp3) is 0.312. The molecule has 3 rings (SSSR count). The Hall–Kier alpha value is -1.96. The molecule has 2 aromatic rings. The summed E-state index contributed by atoms with van der Waals surface area (Å²) in [5.41, 5.74) is 1.40. The summed E-state index contributed by atoms with van der Waals surface area (Å²) in [7, 11) is 0. The third-order valence-corrected chi connectivity index (χ3v) is 5.17. The van der Waals surface area contributed by atoms with Crippen molar-refractivity contribution < 1.29 is 19.4 Å².